The Balaban J connectivity index is 2.41. The smallest absolute Gasteiger partial charge is 0.234 e. The zero-order valence-corrected chi connectivity index (χ0v) is 10.6. The van der Waals surface area contributed by atoms with Gasteiger partial charge in [0.05, 0.1) is 18.7 Å². The molecule has 1 heterocycles. The normalized spacial score (nSPS) is 16.3. The Labute approximate surface area is 106 Å². The van der Waals surface area contributed by atoms with Crippen LogP contribution >= 0.6 is 34.2 Å². The number of amides is 1. The third kappa shape index (κ3) is 2.15. The predicted octanol–water partition coefficient (Wildman–Crippen LogP) is 2.25. The molecular weight excluding hydrogens is 328 g/mol. The fourth-order valence-corrected chi connectivity index (χ4v) is 2.29. The average molecular weight is 336 g/mol. The van der Waals surface area contributed by atoms with Gasteiger partial charge in [-0.1, -0.05) is 11.6 Å². The zero-order valence-electron chi connectivity index (χ0n) is 7.67. The summed E-state index contributed by atoms with van der Waals surface area (Å²) in [5.41, 5.74) is 0.721. The minimum absolute atomic E-state index is 0.00257. The quantitative estimate of drug-likeness (QED) is 0.583. The van der Waals surface area contributed by atoms with Gasteiger partial charge in [-0.15, -0.1) is 0 Å². The van der Waals surface area contributed by atoms with Gasteiger partial charge in [0.2, 0.25) is 5.91 Å². The Bertz CT molecular complexity index is 447. The third-order valence-corrected chi connectivity index (χ3v) is 3.33. The van der Waals surface area contributed by atoms with Crippen LogP contribution in [0.3, 0.4) is 0 Å². The molecular formula is C10H7ClINO2. The van der Waals surface area contributed by atoms with Crippen molar-refractivity contribution in [3.05, 3.63) is 26.8 Å². The van der Waals surface area contributed by atoms with Gasteiger partial charge in [0.25, 0.3) is 0 Å². The van der Waals surface area contributed by atoms with E-state index >= 15 is 0 Å². The van der Waals surface area contributed by atoms with Crippen LogP contribution < -0.4 is 4.90 Å². The number of rotatable bonds is 1. The molecule has 0 unspecified atom stereocenters. The molecule has 1 aromatic rings. The molecule has 1 aliphatic rings. The number of carbonyl (C=O) groups excluding carboxylic acids is 2. The first-order valence-electron chi connectivity index (χ1n) is 4.35. The highest BCUT2D eigenvalue weighted by atomic mass is 127. The molecule has 0 N–H and O–H groups in total. The van der Waals surface area contributed by atoms with Gasteiger partial charge in [-0.25, -0.2) is 0 Å². The highest BCUT2D eigenvalue weighted by Crippen LogP contribution is 2.28. The number of carbonyl (C=O) groups is 2. The summed E-state index contributed by atoms with van der Waals surface area (Å²) >= 11 is 7.97. The molecule has 0 atom stereocenters. The highest BCUT2D eigenvalue weighted by molar-refractivity contribution is 14.1. The van der Waals surface area contributed by atoms with Crippen LogP contribution in [-0.2, 0) is 9.59 Å². The van der Waals surface area contributed by atoms with Crippen molar-refractivity contribution >= 4 is 51.6 Å². The molecule has 0 spiro atoms. The zero-order chi connectivity index (χ0) is 11.0. The molecule has 5 heteroatoms. The SMILES string of the molecule is O=C1CC(=O)N(c2cc(Cl)ccc2I)C1. The van der Waals surface area contributed by atoms with Crippen LogP contribution in [-0.4, -0.2) is 18.2 Å². The largest absolute Gasteiger partial charge is 0.303 e. The molecule has 78 valence electrons. The number of benzene rings is 1. The summed E-state index contributed by atoms with van der Waals surface area (Å²) < 4.78 is 0.917. The molecule has 3 nitrogen and oxygen atoms in total. The van der Waals surface area contributed by atoms with Crippen LogP contribution in [0.25, 0.3) is 0 Å². The van der Waals surface area contributed by atoms with E-state index in [0.717, 1.165) is 9.26 Å². The Morgan fingerprint density at radius 1 is 1.33 bits per heavy atom. The van der Waals surface area contributed by atoms with Crippen molar-refractivity contribution in [1.29, 1.82) is 0 Å². The topological polar surface area (TPSA) is 37.4 Å². The van der Waals surface area contributed by atoms with E-state index in [1.54, 1.807) is 12.1 Å². The van der Waals surface area contributed by atoms with Gasteiger partial charge in [0.1, 0.15) is 0 Å². The molecule has 0 radical (unpaired) electrons. The van der Waals surface area contributed by atoms with Crippen molar-refractivity contribution in [2.75, 3.05) is 11.4 Å². The fraction of sp³-hybridized carbons (Fsp3) is 0.200. The van der Waals surface area contributed by atoms with Crippen molar-refractivity contribution in [3.63, 3.8) is 0 Å². The number of hydrogen-bond acceptors (Lipinski definition) is 2. The summed E-state index contributed by atoms with van der Waals surface area (Å²) in [6.07, 6.45) is 0.00257. The molecule has 15 heavy (non-hydrogen) atoms. The van der Waals surface area contributed by atoms with Crippen molar-refractivity contribution in [1.82, 2.24) is 0 Å². The van der Waals surface area contributed by atoms with Crippen molar-refractivity contribution in [3.8, 4) is 0 Å². The molecule has 1 aliphatic heterocycles. The van der Waals surface area contributed by atoms with E-state index in [9.17, 15) is 9.59 Å². The van der Waals surface area contributed by atoms with Crippen molar-refractivity contribution < 1.29 is 9.59 Å². The first-order chi connectivity index (χ1) is 7.08. The Morgan fingerprint density at radius 3 is 2.67 bits per heavy atom. The lowest BCUT2D eigenvalue weighted by molar-refractivity contribution is -0.121. The van der Waals surface area contributed by atoms with Crippen LogP contribution in [0.1, 0.15) is 6.42 Å². The lowest BCUT2D eigenvalue weighted by Gasteiger charge is -2.16. The highest BCUT2D eigenvalue weighted by Gasteiger charge is 2.29. The number of anilines is 1. The second-order valence-electron chi connectivity index (χ2n) is 3.29. The number of Topliss-reactive ketones (excluding diaryl/α,β-unsaturated/α-hetero) is 1. The first-order valence-corrected chi connectivity index (χ1v) is 5.81. The lowest BCUT2D eigenvalue weighted by atomic mass is 10.3. The maximum atomic E-state index is 11.5. The molecule has 1 fully saturated rings. The van der Waals surface area contributed by atoms with Crippen LogP contribution in [0.4, 0.5) is 5.69 Å². The summed E-state index contributed by atoms with van der Waals surface area (Å²) in [7, 11) is 0. The minimum Gasteiger partial charge on any atom is -0.303 e. The van der Waals surface area contributed by atoms with Gasteiger partial charge in [0.15, 0.2) is 5.78 Å². The van der Waals surface area contributed by atoms with Crippen LogP contribution in [0.2, 0.25) is 5.02 Å². The second kappa shape index (κ2) is 4.09. The first kappa shape index (κ1) is 10.9. The van der Waals surface area contributed by atoms with E-state index in [0.29, 0.717) is 5.02 Å². The Hall–Kier alpha value is -0.620. The lowest BCUT2D eigenvalue weighted by Crippen LogP contribution is -2.25. The number of ketones is 1. The van der Waals surface area contributed by atoms with E-state index in [1.807, 2.05) is 6.07 Å². The Kier molecular flexibility index (Phi) is 2.97. The summed E-state index contributed by atoms with van der Waals surface area (Å²) in [5, 5.41) is 0.567. The molecule has 0 saturated carbocycles. The molecule has 2 rings (SSSR count). The van der Waals surface area contributed by atoms with E-state index in [4.69, 9.17) is 11.6 Å². The van der Waals surface area contributed by atoms with Crippen LogP contribution in [0.5, 0.6) is 0 Å². The standard InChI is InChI=1S/C10H7ClINO2/c11-6-1-2-8(12)9(3-6)13-5-7(14)4-10(13)15/h1-3H,4-5H2. The van der Waals surface area contributed by atoms with Gasteiger partial charge in [-0.3, -0.25) is 9.59 Å². The van der Waals surface area contributed by atoms with Crippen LogP contribution in [0, 0.1) is 3.57 Å². The van der Waals surface area contributed by atoms with Crippen molar-refractivity contribution in [2.45, 2.75) is 6.42 Å². The average Bonchev–Trinajstić information content (AvgIpc) is 2.50. The fourth-order valence-electron chi connectivity index (χ4n) is 1.50. The molecule has 1 aromatic carbocycles. The summed E-state index contributed by atoms with van der Waals surface area (Å²) in [4.78, 5) is 24.1. The van der Waals surface area contributed by atoms with Crippen molar-refractivity contribution in [2.24, 2.45) is 0 Å². The number of halogens is 2. The molecule has 0 aliphatic carbocycles. The van der Waals surface area contributed by atoms with E-state index in [2.05, 4.69) is 22.6 Å². The van der Waals surface area contributed by atoms with Gasteiger partial charge in [0, 0.05) is 8.59 Å². The summed E-state index contributed by atoms with van der Waals surface area (Å²) in [6.45, 7) is 0.162. The minimum atomic E-state index is -0.153. The molecule has 0 bridgehead atoms. The second-order valence-corrected chi connectivity index (χ2v) is 4.89. The number of nitrogens with zero attached hydrogens (tertiary/aromatic N) is 1. The van der Waals surface area contributed by atoms with Gasteiger partial charge in [-0.05, 0) is 40.8 Å². The summed E-state index contributed by atoms with van der Waals surface area (Å²) in [5.74, 6) is -0.198. The molecule has 1 amide bonds. The maximum absolute atomic E-state index is 11.5. The molecule has 1 saturated heterocycles. The maximum Gasteiger partial charge on any atom is 0.234 e. The van der Waals surface area contributed by atoms with Gasteiger partial charge < -0.3 is 4.90 Å². The predicted molar refractivity (Wildman–Crippen MR) is 66.1 cm³/mol. The monoisotopic (exact) mass is 335 g/mol. The van der Waals surface area contributed by atoms with E-state index < -0.39 is 0 Å². The van der Waals surface area contributed by atoms with E-state index in [-0.39, 0.29) is 24.7 Å². The third-order valence-electron chi connectivity index (χ3n) is 2.18. The molecule has 0 aromatic heterocycles. The van der Waals surface area contributed by atoms with Gasteiger partial charge >= 0.3 is 0 Å². The number of hydrogen-bond donors (Lipinski definition) is 0. The van der Waals surface area contributed by atoms with E-state index in [1.165, 1.54) is 4.90 Å². The summed E-state index contributed by atoms with van der Waals surface area (Å²) in [6, 6.07) is 5.29. The van der Waals surface area contributed by atoms with Crippen LogP contribution in [0.15, 0.2) is 18.2 Å². The Morgan fingerprint density at radius 2 is 2.07 bits per heavy atom. The van der Waals surface area contributed by atoms with Gasteiger partial charge in [-0.2, -0.15) is 0 Å².